The zero-order valence-corrected chi connectivity index (χ0v) is 9.64. The van der Waals surface area contributed by atoms with E-state index in [1.165, 1.54) is 6.42 Å². The van der Waals surface area contributed by atoms with Gasteiger partial charge in [0.15, 0.2) is 0 Å². The van der Waals surface area contributed by atoms with Crippen molar-refractivity contribution >= 4 is 0 Å². The summed E-state index contributed by atoms with van der Waals surface area (Å²) < 4.78 is 0. The highest BCUT2D eigenvalue weighted by atomic mass is 16.3. The van der Waals surface area contributed by atoms with E-state index in [4.69, 9.17) is 5.73 Å². The summed E-state index contributed by atoms with van der Waals surface area (Å²) in [5.41, 5.74) is 5.60. The van der Waals surface area contributed by atoms with Crippen LogP contribution in [0, 0.1) is 11.3 Å². The van der Waals surface area contributed by atoms with Crippen molar-refractivity contribution in [2.75, 3.05) is 0 Å². The molecule has 0 saturated heterocycles. The van der Waals surface area contributed by atoms with Crippen molar-refractivity contribution in [3.05, 3.63) is 0 Å². The molecule has 0 aromatic heterocycles. The van der Waals surface area contributed by atoms with Gasteiger partial charge in [0, 0.05) is 5.54 Å². The van der Waals surface area contributed by atoms with Crippen molar-refractivity contribution in [2.24, 2.45) is 17.1 Å². The van der Waals surface area contributed by atoms with E-state index in [2.05, 4.69) is 20.8 Å². The Morgan fingerprint density at radius 3 is 2.21 bits per heavy atom. The molecule has 2 nitrogen and oxygen atoms in total. The second-order valence-corrected chi connectivity index (χ2v) is 6.54. The van der Waals surface area contributed by atoms with Crippen LogP contribution < -0.4 is 5.73 Å². The quantitative estimate of drug-likeness (QED) is 0.676. The minimum Gasteiger partial charge on any atom is -0.388 e. The van der Waals surface area contributed by atoms with Gasteiger partial charge in [0.1, 0.15) is 0 Å². The topological polar surface area (TPSA) is 46.2 Å². The maximum absolute atomic E-state index is 10.7. The Morgan fingerprint density at radius 1 is 1.21 bits per heavy atom. The van der Waals surface area contributed by atoms with E-state index < -0.39 is 5.60 Å². The summed E-state index contributed by atoms with van der Waals surface area (Å²) in [6, 6.07) is 0. The lowest BCUT2D eigenvalue weighted by Crippen LogP contribution is -2.56. The predicted molar refractivity (Wildman–Crippen MR) is 57.9 cm³/mol. The average Bonchev–Trinajstić information content (AvgIpc) is 2.62. The molecule has 2 aliphatic carbocycles. The Labute approximate surface area is 86.9 Å². The highest BCUT2D eigenvalue weighted by Gasteiger charge is 2.59. The van der Waals surface area contributed by atoms with Crippen LogP contribution in [0.5, 0.6) is 0 Å². The standard InChI is InChI=1S/C12H23NO/c1-9-6-10(2,3)8-12(14,7-9)11(13)4-5-11/h9,14H,4-8,13H2,1-3H3. The second kappa shape index (κ2) is 2.73. The van der Waals surface area contributed by atoms with Gasteiger partial charge in [-0.15, -0.1) is 0 Å². The Hall–Kier alpha value is -0.0800. The molecule has 3 N–H and O–H groups in total. The van der Waals surface area contributed by atoms with E-state index in [0.29, 0.717) is 5.92 Å². The van der Waals surface area contributed by atoms with Crippen LogP contribution in [0.25, 0.3) is 0 Å². The summed E-state index contributed by atoms with van der Waals surface area (Å²) in [4.78, 5) is 0. The molecule has 2 heteroatoms. The maximum atomic E-state index is 10.7. The molecule has 0 radical (unpaired) electrons. The molecule has 14 heavy (non-hydrogen) atoms. The monoisotopic (exact) mass is 197 g/mol. The van der Waals surface area contributed by atoms with Crippen molar-refractivity contribution in [2.45, 2.75) is 64.0 Å². The van der Waals surface area contributed by atoms with Crippen LogP contribution in [-0.4, -0.2) is 16.2 Å². The molecule has 0 aromatic rings. The van der Waals surface area contributed by atoms with Crippen LogP contribution in [-0.2, 0) is 0 Å². The van der Waals surface area contributed by atoms with Crippen LogP contribution in [0.15, 0.2) is 0 Å². The lowest BCUT2D eigenvalue weighted by Gasteiger charge is -2.47. The Morgan fingerprint density at radius 2 is 1.79 bits per heavy atom. The minimum atomic E-state index is -0.589. The van der Waals surface area contributed by atoms with Gasteiger partial charge in [-0.05, 0) is 43.4 Å². The first kappa shape index (κ1) is 10.4. The Kier molecular flexibility index (Phi) is 2.04. The molecule has 0 spiro atoms. The summed E-state index contributed by atoms with van der Waals surface area (Å²) in [7, 11) is 0. The maximum Gasteiger partial charge on any atom is 0.0833 e. The van der Waals surface area contributed by atoms with Gasteiger partial charge in [-0.3, -0.25) is 0 Å². The van der Waals surface area contributed by atoms with Crippen LogP contribution in [0.1, 0.15) is 52.9 Å². The summed E-state index contributed by atoms with van der Waals surface area (Å²) in [5.74, 6) is 0.602. The molecule has 2 atom stereocenters. The van der Waals surface area contributed by atoms with Crippen LogP contribution in [0.2, 0.25) is 0 Å². The molecule has 0 bridgehead atoms. The highest BCUT2D eigenvalue weighted by Crippen LogP contribution is 2.54. The predicted octanol–water partition coefficient (Wildman–Crippen LogP) is 2.05. The minimum absolute atomic E-state index is 0.251. The molecule has 2 saturated carbocycles. The third-order valence-electron chi connectivity index (χ3n) is 4.07. The van der Waals surface area contributed by atoms with E-state index in [9.17, 15) is 5.11 Å². The van der Waals surface area contributed by atoms with Crippen molar-refractivity contribution in [3.63, 3.8) is 0 Å². The second-order valence-electron chi connectivity index (χ2n) is 6.54. The number of rotatable bonds is 1. The van der Waals surface area contributed by atoms with Crippen molar-refractivity contribution in [1.29, 1.82) is 0 Å². The number of hydrogen-bond acceptors (Lipinski definition) is 2. The van der Waals surface area contributed by atoms with Crippen molar-refractivity contribution in [3.8, 4) is 0 Å². The largest absolute Gasteiger partial charge is 0.388 e. The van der Waals surface area contributed by atoms with Crippen LogP contribution in [0.3, 0.4) is 0 Å². The van der Waals surface area contributed by atoms with Gasteiger partial charge < -0.3 is 10.8 Å². The highest BCUT2D eigenvalue weighted by molar-refractivity contribution is 5.16. The molecule has 0 aliphatic heterocycles. The molecule has 0 amide bonds. The van der Waals surface area contributed by atoms with Gasteiger partial charge in [-0.1, -0.05) is 20.8 Å². The van der Waals surface area contributed by atoms with Gasteiger partial charge in [0.2, 0.25) is 0 Å². The summed E-state index contributed by atoms with van der Waals surface area (Å²) in [6.45, 7) is 6.73. The van der Waals surface area contributed by atoms with Crippen molar-refractivity contribution in [1.82, 2.24) is 0 Å². The number of aliphatic hydroxyl groups is 1. The summed E-state index contributed by atoms with van der Waals surface area (Å²) in [6.07, 6.45) is 5.00. The first-order chi connectivity index (χ1) is 6.27. The zero-order chi connectivity index (χ0) is 10.6. The molecule has 2 fully saturated rings. The van der Waals surface area contributed by atoms with E-state index in [0.717, 1.165) is 25.7 Å². The summed E-state index contributed by atoms with van der Waals surface area (Å²) >= 11 is 0. The molecule has 0 aromatic carbocycles. The van der Waals surface area contributed by atoms with Gasteiger partial charge >= 0.3 is 0 Å². The first-order valence-corrected chi connectivity index (χ1v) is 5.78. The molecule has 82 valence electrons. The third-order valence-corrected chi connectivity index (χ3v) is 4.07. The Balaban J connectivity index is 2.19. The van der Waals surface area contributed by atoms with E-state index in [1.807, 2.05) is 0 Å². The van der Waals surface area contributed by atoms with Gasteiger partial charge in [0.05, 0.1) is 5.60 Å². The molecule has 2 aliphatic rings. The molecule has 0 heterocycles. The fourth-order valence-corrected chi connectivity index (χ4v) is 3.51. The number of hydrogen-bond donors (Lipinski definition) is 2. The first-order valence-electron chi connectivity index (χ1n) is 5.78. The van der Waals surface area contributed by atoms with Crippen LogP contribution in [0.4, 0.5) is 0 Å². The fraction of sp³-hybridized carbons (Fsp3) is 1.00. The van der Waals surface area contributed by atoms with E-state index in [-0.39, 0.29) is 11.0 Å². The fourth-order valence-electron chi connectivity index (χ4n) is 3.51. The molecular formula is C12H23NO. The lowest BCUT2D eigenvalue weighted by atomic mass is 9.63. The zero-order valence-electron chi connectivity index (χ0n) is 9.64. The third kappa shape index (κ3) is 1.59. The molecule has 2 unspecified atom stereocenters. The van der Waals surface area contributed by atoms with Crippen molar-refractivity contribution < 1.29 is 5.11 Å². The smallest absolute Gasteiger partial charge is 0.0833 e. The number of nitrogens with two attached hydrogens (primary N) is 1. The van der Waals surface area contributed by atoms with Crippen LogP contribution >= 0.6 is 0 Å². The SMILES string of the molecule is CC1CC(C)(C)CC(O)(C2(N)CC2)C1. The van der Waals surface area contributed by atoms with E-state index in [1.54, 1.807) is 0 Å². The summed E-state index contributed by atoms with van der Waals surface area (Å²) in [5, 5.41) is 10.7. The average molecular weight is 197 g/mol. The Bertz CT molecular complexity index is 245. The molecule has 2 rings (SSSR count). The van der Waals surface area contributed by atoms with Gasteiger partial charge in [-0.25, -0.2) is 0 Å². The lowest BCUT2D eigenvalue weighted by molar-refractivity contribution is -0.0830. The normalized spacial score (nSPS) is 44.8. The van der Waals surface area contributed by atoms with Gasteiger partial charge in [-0.2, -0.15) is 0 Å². The molecular weight excluding hydrogens is 174 g/mol. The van der Waals surface area contributed by atoms with Gasteiger partial charge in [0.25, 0.3) is 0 Å². The van der Waals surface area contributed by atoms with E-state index >= 15 is 0 Å².